The van der Waals surface area contributed by atoms with Crippen LogP contribution in [-0.2, 0) is 9.16 Å². The third kappa shape index (κ3) is 6.95. The summed E-state index contributed by atoms with van der Waals surface area (Å²) < 4.78 is 36.7. The summed E-state index contributed by atoms with van der Waals surface area (Å²) in [5.41, 5.74) is 3.57. The Hall–Kier alpha value is -2.48. The van der Waals surface area contributed by atoms with Crippen molar-refractivity contribution in [2.75, 3.05) is 35.0 Å². The molecule has 0 amide bonds. The van der Waals surface area contributed by atoms with E-state index in [2.05, 4.69) is 66.3 Å². The smallest absolute Gasteiger partial charge is 0.201 e. The molecule has 0 aliphatic carbocycles. The SMILES string of the molecule is C=CC[C@H]1C[C@H]([C@H](O[Si](C(C)C)(C(C)C)C(C)C)c2ccc(OC)c(OC)c2)CO[C@H]1c1ccc(OC)c(OC)c1. The average Bonchev–Trinajstić information content (AvgIpc) is 2.96. The topological polar surface area (TPSA) is 55.4 Å². The van der Waals surface area contributed by atoms with E-state index in [1.807, 2.05) is 24.3 Å². The van der Waals surface area contributed by atoms with Gasteiger partial charge >= 0.3 is 0 Å². The summed E-state index contributed by atoms with van der Waals surface area (Å²) in [6.07, 6.45) is 3.59. The van der Waals surface area contributed by atoms with Crippen molar-refractivity contribution < 1.29 is 28.1 Å². The molecule has 0 bridgehead atoms. The van der Waals surface area contributed by atoms with Crippen molar-refractivity contribution >= 4 is 8.32 Å². The molecule has 0 aromatic heterocycles. The van der Waals surface area contributed by atoms with Gasteiger partial charge in [-0.05, 0) is 70.8 Å². The number of benzene rings is 2. The van der Waals surface area contributed by atoms with Crippen LogP contribution in [0, 0.1) is 11.8 Å². The normalized spacial score (nSPS) is 20.3. The summed E-state index contributed by atoms with van der Waals surface area (Å²) in [5.74, 6) is 3.26. The van der Waals surface area contributed by atoms with Gasteiger partial charge in [0.1, 0.15) is 0 Å². The highest BCUT2D eigenvalue weighted by atomic mass is 28.4. The highest BCUT2D eigenvalue weighted by Gasteiger charge is 2.49. The fourth-order valence-corrected chi connectivity index (χ4v) is 12.7. The van der Waals surface area contributed by atoms with E-state index in [1.54, 1.807) is 28.4 Å². The zero-order valence-electron chi connectivity index (χ0n) is 26.9. The van der Waals surface area contributed by atoms with Gasteiger partial charge in [0.05, 0.1) is 47.3 Å². The van der Waals surface area contributed by atoms with Gasteiger partial charge in [0.25, 0.3) is 0 Å². The molecule has 0 saturated carbocycles. The van der Waals surface area contributed by atoms with Crippen LogP contribution in [-0.4, -0.2) is 43.4 Å². The Morgan fingerprint density at radius 3 is 1.85 bits per heavy atom. The van der Waals surface area contributed by atoms with Gasteiger partial charge in [-0.25, -0.2) is 0 Å². The largest absolute Gasteiger partial charge is 0.493 e. The van der Waals surface area contributed by atoms with E-state index in [1.165, 1.54) is 0 Å². The Morgan fingerprint density at radius 2 is 1.34 bits per heavy atom. The number of hydrogen-bond donors (Lipinski definition) is 0. The van der Waals surface area contributed by atoms with E-state index in [0.717, 1.165) is 24.0 Å². The van der Waals surface area contributed by atoms with E-state index in [9.17, 15) is 0 Å². The zero-order chi connectivity index (χ0) is 30.3. The molecule has 1 fully saturated rings. The maximum atomic E-state index is 7.56. The van der Waals surface area contributed by atoms with Crippen molar-refractivity contribution in [2.45, 2.75) is 83.2 Å². The summed E-state index contributed by atoms with van der Waals surface area (Å²) in [4.78, 5) is 0. The molecule has 1 saturated heterocycles. The molecule has 1 aliphatic heterocycles. The first kappa shape index (κ1) is 33.0. The molecule has 2 aromatic rings. The molecule has 0 N–H and O–H groups in total. The number of ether oxygens (including phenoxy) is 5. The fourth-order valence-electron chi connectivity index (χ4n) is 7.08. The van der Waals surface area contributed by atoms with Crippen LogP contribution in [0.2, 0.25) is 16.6 Å². The van der Waals surface area contributed by atoms with Crippen LogP contribution in [0.5, 0.6) is 23.0 Å². The van der Waals surface area contributed by atoms with Crippen LogP contribution in [0.3, 0.4) is 0 Å². The summed E-state index contributed by atoms with van der Waals surface area (Å²) in [5, 5.41) is 0. The van der Waals surface area contributed by atoms with Crippen LogP contribution in [0.25, 0.3) is 0 Å². The quantitative estimate of drug-likeness (QED) is 0.163. The Balaban J connectivity index is 2.06. The van der Waals surface area contributed by atoms with Crippen molar-refractivity contribution in [3.63, 3.8) is 0 Å². The summed E-state index contributed by atoms with van der Waals surface area (Å²) in [7, 11) is 4.45. The minimum Gasteiger partial charge on any atom is -0.493 e. The molecule has 0 unspecified atom stereocenters. The van der Waals surface area contributed by atoms with Crippen molar-refractivity contribution in [2.24, 2.45) is 11.8 Å². The molecule has 3 rings (SSSR count). The van der Waals surface area contributed by atoms with Crippen molar-refractivity contribution in [1.82, 2.24) is 0 Å². The predicted octanol–water partition coefficient (Wildman–Crippen LogP) is 8.92. The summed E-state index contributed by atoms with van der Waals surface area (Å²) >= 11 is 0. The van der Waals surface area contributed by atoms with Gasteiger partial charge in [-0.1, -0.05) is 59.8 Å². The number of hydrogen-bond acceptors (Lipinski definition) is 6. The van der Waals surface area contributed by atoms with Crippen LogP contribution >= 0.6 is 0 Å². The van der Waals surface area contributed by atoms with Crippen LogP contribution < -0.4 is 18.9 Å². The van der Waals surface area contributed by atoms with E-state index in [4.69, 9.17) is 28.1 Å². The predicted molar refractivity (Wildman–Crippen MR) is 169 cm³/mol. The summed E-state index contributed by atoms with van der Waals surface area (Å²) in [6.45, 7) is 18.7. The Bertz CT molecular complexity index is 1110. The van der Waals surface area contributed by atoms with E-state index < -0.39 is 8.32 Å². The molecule has 41 heavy (non-hydrogen) atoms. The second-order valence-corrected chi connectivity index (χ2v) is 17.5. The lowest BCUT2D eigenvalue weighted by molar-refractivity contribution is -0.0879. The third-order valence-corrected chi connectivity index (χ3v) is 15.0. The van der Waals surface area contributed by atoms with Gasteiger partial charge in [0.15, 0.2) is 23.0 Å². The first-order valence-electron chi connectivity index (χ1n) is 14.9. The molecule has 2 aromatic carbocycles. The lowest BCUT2D eigenvalue weighted by atomic mass is 9.79. The molecule has 7 heteroatoms. The molecule has 4 atom stereocenters. The van der Waals surface area contributed by atoms with E-state index in [0.29, 0.717) is 46.2 Å². The highest BCUT2D eigenvalue weighted by Crippen LogP contribution is 2.51. The maximum Gasteiger partial charge on any atom is 0.201 e. The van der Waals surface area contributed by atoms with Crippen LogP contribution in [0.15, 0.2) is 49.1 Å². The van der Waals surface area contributed by atoms with Crippen molar-refractivity contribution in [3.8, 4) is 23.0 Å². The molecular weight excluding hydrogens is 532 g/mol. The van der Waals surface area contributed by atoms with Gasteiger partial charge in [-0.15, -0.1) is 6.58 Å². The number of rotatable bonds is 14. The standard InChI is InChI=1S/C34H52O6Si/c1-12-13-25-18-28(21-39-33(25)26-14-16-29(35-8)31(19-26)37-10)34(27-15-17-30(36-9)32(20-27)38-11)40-41(22(2)3,23(4)5)24(6)7/h12,14-17,19-20,22-25,28,33-34H,1,13,18,21H2,2-11H3/t25-,28-,33+,34+/m0/s1. The maximum absolute atomic E-state index is 7.56. The van der Waals surface area contributed by atoms with Gasteiger partial charge < -0.3 is 28.1 Å². The molecule has 1 aliphatic rings. The molecule has 228 valence electrons. The lowest BCUT2D eigenvalue weighted by Crippen LogP contribution is -2.50. The number of methoxy groups -OCH3 is 4. The molecule has 6 nitrogen and oxygen atoms in total. The van der Waals surface area contributed by atoms with Gasteiger partial charge in [-0.3, -0.25) is 0 Å². The third-order valence-electron chi connectivity index (χ3n) is 8.93. The van der Waals surface area contributed by atoms with Gasteiger partial charge in [0.2, 0.25) is 8.32 Å². The van der Waals surface area contributed by atoms with Crippen LogP contribution in [0.1, 0.15) is 77.7 Å². The molecule has 1 heterocycles. The van der Waals surface area contributed by atoms with Crippen molar-refractivity contribution in [1.29, 1.82) is 0 Å². The first-order chi connectivity index (χ1) is 19.6. The highest BCUT2D eigenvalue weighted by molar-refractivity contribution is 6.77. The first-order valence-corrected chi connectivity index (χ1v) is 17.1. The molecule has 0 spiro atoms. The van der Waals surface area contributed by atoms with Crippen LogP contribution in [0.4, 0.5) is 0 Å². The summed E-state index contributed by atoms with van der Waals surface area (Å²) in [6, 6.07) is 12.3. The van der Waals surface area contributed by atoms with Crippen molar-refractivity contribution in [3.05, 3.63) is 60.2 Å². The molecular formula is C34H52O6Si. The lowest BCUT2D eigenvalue weighted by Gasteiger charge is -2.48. The monoisotopic (exact) mass is 584 g/mol. The second kappa shape index (κ2) is 14.6. The van der Waals surface area contributed by atoms with E-state index >= 15 is 0 Å². The fraction of sp³-hybridized carbons (Fsp3) is 0.588. The van der Waals surface area contributed by atoms with Gasteiger partial charge in [-0.2, -0.15) is 0 Å². The number of allylic oxidation sites excluding steroid dienone is 1. The van der Waals surface area contributed by atoms with E-state index in [-0.39, 0.29) is 24.0 Å². The second-order valence-electron chi connectivity index (χ2n) is 12.1. The Labute approximate surface area is 249 Å². The Morgan fingerprint density at radius 1 is 0.805 bits per heavy atom. The average molecular weight is 585 g/mol. The minimum atomic E-state index is -2.23. The molecule has 0 radical (unpaired) electrons. The van der Waals surface area contributed by atoms with Gasteiger partial charge in [0, 0.05) is 5.92 Å². The minimum absolute atomic E-state index is 0.0718. The Kier molecular flexibility index (Phi) is 11.8. The zero-order valence-corrected chi connectivity index (χ0v) is 27.9.